The standard InChI is InChI=1S/C51H64N8O9/c1-8-57-41-14-13-32-23-36(41)37(44(57)35-11-9-16-52-42(35)30(4)66-7)24-50(5,6)27-67-48(64)38-12-10-17-59(55-38)47(63)39(21-31-19-33(32)22-34(60)20-31)54-45(61)43(29(2)3)58-28-68-51(49(58)65)15-18-56(26-51)46(62)40-25-53-40/h9,11,13-14,16,19-20,22-23,29-30,38-40,43,53,55,60H,8,10,12,15,17-18,21,24-28H2,1-7H3,(H,54,61)/t30-,38-,39-,40+,43-,51+/m0/s1. The van der Waals surface area contributed by atoms with E-state index >= 15 is 0 Å². The molecule has 9 rings (SSSR count). The van der Waals surface area contributed by atoms with Gasteiger partial charge in [0.05, 0.1) is 36.7 Å². The first-order valence-corrected chi connectivity index (χ1v) is 24.0. The number of ether oxygens (including phenoxy) is 3. The molecule has 2 aromatic carbocycles. The van der Waals surface area contributed by atoms with E-state index in [1.165, 1.54) is 9.91 Å². The highest BCUT2D eigenvalue weighted by Crippen LogP contribution is 2.42. The van der Waals surface area contributed by atoms with Gasteiger partial charge in [0, 0.05) is 74.2 Å². The summed E-state index contributed by atoms with van der Waals surface area (Å²) in [7, 11) is 1.67. The fraction of sp³-hybridized carbons (Fsp3) is 0.529. The molecule has 6 bridgehead atoms. The van der Waals surface area contributed by atoms with Crippen LogP contribution in [0, 0.1) is 11.3 Å². The van der Waals surface area contributed by atoms with E-state index < -0.39 is 46.9 Å². The SMILES string of the molecule is CCn1c(-c2cccnc2[C@H](C)OC)c2c3cc(ccc31)-c1cc(O)cc(c1)C[C@H](NC(=O)[C@H](C(C)C)N1CO[C@@]3(CCN(C(=O)[C@H]4CN4)C3)C1=O)C(=O)N1CCC[C@H](N1)C(=O)OCC(C)(C)C2. The summed E-state index contributed by atoms with van der Waals surface area (Å²) in [6.07, 6.45) is 3.25. The Kier molecular flexibility index (Phi) is 12.9. The van der Waals surface area contributed by atoms with Crippen molar-refractivity contribution in [3.8, 4) is 28.1 Å². The number of likely N-dealkylation sites (tertiary alicyclic amines) is 1. The number of hydrogen-bond donors (Lipinski definition) is 4. The Balaban J connectivity index is 1.10. The molecule has 5 aliphatic rings. The molecule has 1 spiro atoms. The maximum Gasteiger partial charge on any atom is 0.324 e. The van der Waals surface area contributed by atoms with Gasteiger partial charge in [-0.15, -0.1) is 0 Å². The van der Waals surface area contributed by atoms with Gasteiger partial charge >= 0.3 is 5.97 Å². The van der Waals surface area contributed by atoms with Gasteiger partial charge in [-0.1, -0.05) is 39.8 Å². The van der Waals surface area contributed by atoms with Gasteiger partial charge in [-0.25, -0.2) is 5.43 Å². The van der Waals surface area contributed by atoms with Gasteiger partial charge in [0.25, 0.3) is 11.8 Å². The number of nitrogens with one attached hydrogen (secondary N) is 3. The number of phenolic OH excluding ortho intramolecular Hbond substituents is 1. The minimum Gasteiger partial charge on any atom is -0.508 e. The van der Waals surface area contributed by atoms with Gasteiger partial charge in [0.1, 0.15) is 30.6 Å². The number of benzene rings is 2. The van der Waals surface area contributed by atoms with Crippen LogP contribution in [0.3, 0.4) is 0 Å². The molecular weight excluding hydrogens is 869 g/mol. The Morgan fingerprint density at radius 1 is 1.06 bits per heavy atom. The number of cyclic esters (lactones) is 1. The third-order valence-corrected chi connectivity index (χ3v) is 14.3. The van der Waals surface area contributed by atoms with Gasteiger partial charge in [0.2, 0.25) is 11.8 Å². The number of fused-ring (bicyclic) bond motifs is 6. The number of carbonyl (C=O) groups is 5. The molecular formula is C51H64N8O9. The first kappa shape index (κ1) is 47.2. The minimum absolute atomic E-state index is 0.0168. The molecule has 7 heterocycles. The monoisotopic (exact) mass is 932 g/mol. The van der Waals surface area contributed by atoms with E-state index in [2.05, 4.69) is 59.6 Å². The van der Waals surface area contributed by atoms with Crippen LogP contribution in [0.4, 0.5) is 0 Å². The van der Waals surface area contributed by atoms with Crippen molar-refractivity contribution in [2.24, 2.45) is 11.3 Å². The lowest BCUT2D eigenvalue weighted by molar-refractivity contribution is -0.155. The molecule has 5 aliphatic heterocycles. The topological polar surface area (TPSA) is 207 Å². The molecule has 6 atom stereocenters. The molecule has 0 saturated carbocycles. The van der Waals surface area contributed by atoms with Gasteiger partial charge < -0.3 is 44.3 Å². The molecule has 4 amide bonds. The normalized spacial score (nSPS) is 24.9. The maximum absolute atomic E-state index is 14.8. The minimum atomic E-state index is -1.25. The van der Waals surface area contributed by atoms with Crippen molar-refractivity contribution in [1.29, 1.82) is 0 Å². The van der Waals surface area contributed by atoms with Crippen LogP contribution in [0.25, 0.3) is 33.3 Å². The quantitative estimate of drug-likeness (QED) is 0.138. The van der Waals surface area contributed by atoms with Crippen molar-refractivity contribution >= 4 is 40.5 Å². The number of hydrazine groups is 1. The lowest BCUT2D eigenvalue weighted by Crippen LogP contribution is -2.62. The van der Waals surface area contributed by atoms with E-state index in [1.54, 1.807) is 30.3 Å². The predicted molar refractivity (Wildman–Crippen MR) is 252 cm³/mol. The fourth-order valence-corrected chi connectivity index (χ4v) is 10.6. The van der Waals surface area contributed by atoms with E-state index in [1.807, 2.05) is 39.0 Å². The van der Waals surface area contributed by atoms with Crippen LogP contribution in [-0.2, 0) is 57.6 Å². The second-order valence-electron chi connectivity index (χ2n) is 20.2. The lowest BCUT2D eigenvalue weighted by atomic mass is 9.84. The second-order valence-corrected chi connectivity index (χ2v) is 20.2. The highest BCUT2D eigenvalue weighted by Gasteiger charge is 2.57. The van der Waals surface area contributed by atoms with Crippen LogP contribution in [0.5, 0.6) is 5.75 Å². The molecule has 0 radical (unpaired) electrons. The van der Waals surface area contributed by atoms with Crippen LogP contribution in [0.2, 0.25) is 0 Å². The lowest BCUT2D eigenvalue weighted by Gasteiger charge is -2.36. The Bertz CT molecular complexity index is 2640. The number of pyridine rings is 1. The molecule has 4 aromatic rings. The van der Waals surface area contributed by atoms with Crippen molar-refractivity contribution in [2.75, 3.05) is 46.6 Å². The van der Waals surface area contributed by atoms with Crippen LogP contribution in [-0.4, -0.2) is 135 Å². The van der Waals surface area contributed by atoms with Crippen LogP contribution >= 0.6 is 0 Å². The Morgan fingerprint density at radius 2 is 1.85 bits per heavy atom. The molecule has 68 heavy (non-hydrogen) atoms. The van der Waals surface area contributed by atoms with Crippen molar-refractivity contribution in [3.63, 3.8) is 0 Å². The van der Waals surface area contributed by atoms with Crippen molar-refractivity contribution in [2.45, 2.75) is 116 Å². The molecule has 0 aliphatic carbocycles. The first-order chi connectivity index (χ1) is 32.5. The number of phenols is 1. The molecule has 17 nitrogen and oxygen atoms in total. The zero-order valence-electron chi connectivity index (χ0n) is 40.1. The molecule has 4 fully saturated rings. The molecule has 2 aromatic heterocycles. The number of hydrogen-bond acceptors (Lipinski definition) is 12. The maximum atomic E-state index is 14.8. The Morgan fingerprint density at radius 3 is 2.59 bits per heavy atom. The third-order valence-electron chi connectivity index (χ3n) is 14.3. The number of aromatic nitrogens is 2. The summed E-state index contributed by atoms with van der Waals surface area (Å²) in [6.45, 7) is 13.9. The largest absolute Gasteiger partial charge is 0.508 e. The number of rotatable bonds is 9. The van der Waals surface area contributed by atoms with Crippen LogP contribution < -0.4 is 16.1 Å². The summed E-state index contributed by atoms with van der Waals surface area (Å²) in [6, 6.07) is 12.2. The van der Waals surface area contributed by atoms with Gasteiger partial charge in [-0.3, -0.25) is 34.0 Å². The van der Waals surface area contributed by atoms with E-state index in [0.29, 0.717) is 56.4 Å². The molecule has 0 unspecified atom stereocenters. The highest BCUT2D eigenvalue weighted by molar-refractivity contribution is 5.97. The Labute approximate surface area is 396 Å². The van der Waals surface area contributed by atoms with Crippen LogP contribution in [0.1, 0.15) is 83.7 Å². The summed E-state index contributed by atoms with van der Waals surface area (Å²) < 4.78 is 20.4. The molecule has 17 heteroatoms. The molecule has 4 saturated heterocycles. The van der Waals surface area contributed by atoms with Crippen molar-refractivity contribution < 1.29 is 43.3 Å². The smallest absolute Gasteiger partial charge is 0.324 e. The molecule has 362 valence electrons. The van der Waals surface area contributed by atoms with Gasteiger partial charge in [0.15, 0.2) is 5.60 Å². The first-order valence-electron chi connectivity index (χ1n) is 24.0. The number of nitrogens with zero attached hydrogens (tertiary/aromatic N) is 5. The summed E-state index contributed by atoms with van der Waals surface area (Å²) in [5.74, 6) is -2.36. The zero-order chi connectivity index (χ0) is 48.2. The summed E-state index contributed by atoms with van der Waals surface area (Å²) in [5, 5.41) is 19.8. The number of methoxy groups -OCH3 is 1. The van der Waals surface area contributed by atoms with Crippen LogP contribution in [0.15, 0.2) is 54.7 Å². The number of esters is 1. The second kappa shape index (κ2) is 18.6. The summed E-state index contributed by atoms with van der Waals surface area (Å²) in [5.41, 5.74) is 8.25. The number of aryl methyl sites for hydroxylation is 1. The molecule has 4 N–H and O–H groups in total. The summed E-state index contributed by atoms with van der Waals surface area (Å²) in [4.78, 5) is 78.5. The average molecular weight is 933 g/mol. The Hall–Kier alpha value is -5.88. The number of carbonyl (C=O) groups excluding carboxylic acids is 5. The average Bonchev–Trinajstić information content (AvgIpc) is 3.92. The third kappa shape index (κ3) is 8.96. The predicted octanol–water partition coefficient (Wildman–Crippen LogP) is 4.24. The summed E-state index contributed by atoms with van der Waals surface area (Å²) >= 11 is 0. The van der Waals surface area contributed by atoms with E-state index in [-0.39, 0.29) is 68.5 Å². The highest BCUT2D eigenvalue weighted by atomic mass is 16.5. The zero-order valence-corrected chi connectivity index (χ0v) is 40.1. The van der Waals surface area contributed by atoms with Gasteiger partial charge in [-0.05, 0) is 97.7 Å². The van der Waals surface area contributed by atoms with Gasteiger partial charge in [-0.2, -0.15) is 0 Å². The van der Waals surface area contributed by atoms with E-state index in [9.17, 15) is 29.1 Å². The fourth-order valence-electron chi connectivity index (χ4n) is 10.6. The van der Waals surface area contributed by atoms with Crippen molar-refractivity contribution in [3.05, 3.63) is 71.5 Å². The number of aromatic hydroxyl groups is 1. The van der Waals surface area contributed by atoms with E-state index in [0.717, 1.165) is 39.0 Å². The van der Waals surface area contributed by atoms with Crippen molar-refractivity contribution in [1.82, 2.24) is 40.4 Å². The van der Waals surface area contributed by atoms with E-state index in [4.69, 9.17) is 19.2 Å². The number of amides is 4.